The maximum absolute atomic E-state index is 13.0. The van der Waals surface area contributed by atoms with E-state index in [4.69, 9.17) is 14.7 Å². The highest BCUT2D eigenvalue weighted by Gasteiger charge is 2.27. The summed E-state index contributed by atoms with van der Waals surface area (Å²) in [5.74, 6) is 2.64. The van der Waals surface area contributed by atoms with Gasteiger partial charge in [0.1, 0.15) is 11.6 Å². The number of hydrogen-bond donors (Lipinski definition) is 0. The van der Waals surface area contributed by atoms with E-state index in [9.17, 15) is 4.79 Å². The van der Waals surface area contributed by atoms with Crippen LogP contribution in [0.25, 0.3) is 11.4 Å². The van der Waals surface area contributed by atoms with Crippen LogP contribution in [0.2, 0.25) is 0 Å². The molecule has 0 saturated carbocycles. The summed E-state index contributed by atoms with van der Waals surface area (Å²) in [4.78, 5) is 30.7. The third-order valence-electron chi connectivity index (χ3n) is 5.81. The fourth-order valence-corrected chi connectivity index (χ4v) is 4.03. The standard InChI is InChI=1S/C25H29N5O2/c1-29(2)23-16-22(27-25(28-23)19-9-11-26-12-10-19)20-7-5-13-30(17-20)24(31)15-18-6-4-8-21(14-18)32-3/h4,6,8-12,14,16,20H,5,7,13,15,17H2,1-3H3/t20-/m0/s1. The zero-order chi connectivity index (χ0) is 22.5. The van der Waals surface area contributed by atoms with E-state index in [1.165, 1.54) is 0 Å². The molecule has 7 heteroatoms. The number of pyridine rings is 1. The second kappa shape index (κ2) is 9.77. The summed E-state index contributed by atoms with van der Waals surface area (Å²) in [5, 5.41) is 0. The number of piperidine rings is 1. The molecule has 0 radical (unpaired) electrons. The summed E-state index contributed by atoms with van der Waals surface area (Å²) in [6, 6.07) is 13.6. The van der Waals surface area contributed by atoms with Crippen LogP contribution >= 0.6 is 0 Å². The molecular formula is C25H29N5O2. The molecule has 2 aromatic heterocycles. The normalized spacial score (nSPS) is 16.0. The molecule has 1 saturated heterocycles. The number of carbonyl (C=O) groups is 1. The van der Waals surface area contributed by atoms with Crippen molar-refractivity contribution in [3.63, 3.8) is 0 Å². The van der Waals surface area contributed by atoms with E-state index in [2.05, 4.69) is 4.98 Å². The highest BCUT2D eigenvalue weighted by atomic mass is 16.5. The zero-order valence-electron chi connectivity index (χ0n) is 18.9. The molecule has 0 aliphatic carbocycles. The highest BCUT2D eigenvalue weighted by Crippen LogP contribution is 2.30. The Morgan fingerprint density at radius 1 is 1.16 bits per heavy atom. The Kier molecular flexibility index (Phi) is 6.63. The summed E-state index contributed by atoms with van der Waals surface area (Å²) in [6.07, 6.45) is 5.84. The van der Waals surface area contributed by atoms with Crippen LogP contribution in [0.4, 0.5) is 5.82 Å². The van der Waals surface area contributed by atoms with Gasteiger partial charge in [0, 0.05) is 57.1 Å². The van der Waals surface area contributed by atoms with Crippen molar-refractivity contribution in [1.29, 1.82) is 0 Å². The second-order valence-corrected chi connectivity index (χ2v) is 8.31. The highest BCUT2D eigenvalue weighted by molar-refractivity contribution is 5.79. The minimum Gasteiger partial charge on any atom is -0.497 e. The maximum atomic E-state index is 13.0. The predicted molar refractivity (Wildman–Crippen MR) is 125 cm³/mol. The van der Waals surface area contributed by atoms with Gasteiger partial charge in [-0.3, -0.25) is 9.78 Å². The zero-order valence-corrected chi connectivity index (χ0v) is 18.9. The number of likely N-dealkylation sites (tertiary alicyclic amines) is 1. The van der Waals surface area contributed by atoms with Gasteiger partial charge in [-0.1, -0.05) is 12.1 Å². The van der Waals surface area contributed by atoms with Crippen LogP contribution in [0.5, 0.6) is 5.75 Å². The van der Waals surface area contributed by atoms with Crippen molar-refractivity contribution < 1.29 is 9.53 Å². The number of aromatic nitrogens is 3. The monoisotopic (exact) mass is 431 g/mol. The molecule has 32 heavy (non-hydrogen) atoms. The Labute approximate surface area is 189 Å². The summed E-state index contributed by atoms with van der Waals surface area (Å²) >= 11 is 0. The SMILES string of the molecule is COc1cccc(CC(=O)N2CCC[C@H](c3cc(N(C)C)nc(-c4ccncc4)n3)C2)c1. The maximum Gasteiger partial charge on any atom is 0.227 e. The fraction of sp³-hybridized carbons (Fsp3) is 0.360. The first-order valence-electron chi connectivity index (χ1n) is 10.9. The fourth-order valence-electron chi connectivity index (χ4n) is 4.03. The molecule has 1 atom stereocenters. The Morgan fingerprint density at radius 3 is 2.72 bits per heavy atom. The molecule has 3 heterocycles. The van der Waals surface area contributed by atoms with Crippen LogP contribution < -0.4 is 9.64 Å². The summed E-state index contributed by atoms with van der Waals surface area (Å²) in [7, 11) is 5.60. The quantitative estimate of drug-likeness (QED) is 0.594. The lowest BCUT2D eigenvalue weighted by atomic mass is 9.93. The van der Waals surface area contributed by atoms with Gasteiger partial charge in [-0.05, 0) is 42.7 Å². The first-order chi connectivity index (χ1) is 15.5. The molecule has 0 N–H and O–H groups in total. The molecular weight excluding hydrogens is 402 g/mol. The van der Waals surface area contributed by atoms with E-state index >= 15 is 0 Å². The summed E-state index contributed by atoms with van der Waals surface area (Å²) in [5.41, 5.74) is 2.88. The van der Waals surface area contributed by atoms with Gasteiger partial charge in [0.25, 0.3) is 0 Å². The van der Waals surface area contributed by atoms with E-state index in [0.29, 0.717) is 18.8 Å². The number of rotatable bonds is 6. The molecule has 0 spiro atoms. The number of methoxy groups -OCH3 is 1. The van der Waals surface area contributed by atoms with E-state index in [1.54, 1.807) is 19.5 Å². The third kappa shape index (κ3) is 5.04. The molecule has 3 aromatic rings. The van der Waals surface area contributed by atoms with E-state index in [-0.39, 0.29) is 11.8 Å². The number of hydrogen-bond acceptors (Lipinski definition) is 6. The van der Waals surface area contributed by atoms with Crippen molar-refractivity contribution in [2.24, 2.45) is 0 Å². The topological polar surface area (TPSA) is 71.5 Å². The van der Waals surface area contributed by atoms with Crippen molar-refractivity contribution in [3.05, 3.63) is 66.1 Å². The average molecular weight is 432 g/mol. The Bertz CT molecular complexity index is 1070. The molecule has 0 unspecified atom stereocenters. The molecule has 4 rings (SSSR count). The first-order valence-corrected chi connectivity index (χ1v) is 10.9. The second-order valence-electron chi connectivity index (χ2n) is 8.31. The van der Waals surface area contributed by atoms with Crippen LogP contribution in [0.3, 0.4) is 0 Å². The number of nitrogens with zero attached hydrogens (tertiary/aromatic N) is 5. The minimum atomic E-state index is 0.138. The smallest absolute Gasteiger partial charge is 0.227 e. The van der Waals surface area contributed by atoms with Crippen LogP contribution in [-0.2, 0) is 11.2 Å². The molecule has 1 aliphatic heterocycles. The van der Waals surface area contributed by atoms with Crippen molar-refractivity contribution in [2.75, 3.05) is 39.2 Å². The van der Waals surface area contributed by atoms with Crippen molar-refractivity contribution >= 4 is 11.7 Å². The predicted octanol–water partition coefficient (Wildman–Crippen LogP) is 3.56. The van der Waals surface area contributed by atoms with Gasteiger partial charge in [0.15, 0.2) is 5.82 Å². The lowest BCUT2D eigenvalue weighted by molar-refractivity contribution is -0.131. The van der Waals surface area contributed by atoms with Crippen LogP contribution in [0.1, 0.15) is 30.0 Å². The van der Waals surface area contributed by atoms with E-state index in [1.807, 2.05) is 66.4 Å². The minimum absolute atomic E-state index is 0.138. The van der Waals surface area contributed by atoms with Gasteiger partial charge in [0.05, 0.1) is 19.2 Å². The number of carbonyl (C=O) groups excluding carboxylic acids is 1. The molecule has 7 nitrogen and oxygen atoms in total. The van der Waals surface area contributed by atoms with Gasteiger partial charge >= 0.3 is 0 Å². The van der Waals surface area contributed by atoms with Crippen LogP contribution in [-0.4, -0.2) is 60.1 Å². The Balaban J connectivity index is 1.54. The number of ether oxygens (including phenoxy) is 1. The van der Waals surface area contributed by atoms with Crippen molar-refractivity contribution in [3.8, 4) is 17.1 Å². The molecule has 166 valence electrons. The van der Waals surface area contributed by atoms with Crippen LogP contribution in [0.15, 0.2) is 54.9 Å². The average Bonchev–Trinajstić information content (AvgIpc) is 2.84. The van der Waals surface area contributed by atoms with Gasteiger partial charge in [-0.2, -0.15) is 0 Å². The number of benzene rings is 1. The van der Waals surface area contributed by atoms with E-state index < -0.39 is 0 Å². The molecule has 1 amide bonds. The lowest BCUT2D eigenvalue weighted by Gasteiger charge is -2.33. The molecule has 0 bridgehead atoms. The van der Waals surface area contributed by atoms with E-state index in [0.717, 1.165) is 47.8 Å². The van der Waals surface area contributed by atoms with Crippen molar-refractivity contribution in [1.82, 2.24) is 19.9 Å². The lowest BCUT2D eigenvalue weighted by Crippen LogP contribution is -2.40. The summed E-state index contributed by atoms with van der Waals surface area (Å²) in [6.45, 7) is 1.45. The largest absolute Gasteiger partial charge is 0.497 e. The van der Waals surface area contributed by atoms with Gasteiger partial charge < -0.3 is 14.5 Å². The summed E-state index contributed by atoms with van der Waals surface area (Å²) < 4.78 is 5.29. The molecule has 1 aromatic carbocycles. The molecule has 1 aliphatic rings. The van der Waals surface area contributed by atoms with Gasteiger partial charge in [0.2, 0.25) is 5.91 Å². The van der Waals surface area contributed by atoms with Gasteiger partial charge in [-0.15, -0.1) is 0 Å². The number of amides is 1. The Morgan fingerprint density at radius 2 is 1.97 bits per heavy atom. The van der Waals surface area contributed by atoms with Crippen molar-refractivity contribution in [2.45, 2.75) is 25.2 Å². The van der Waals surface area contributed by atoms with Crippen LogP contribution in [0, 0.1) is 0 Å². The molecule has 1 fully saturated rings. The number of anilines is 1. The Hall–Kier alpha value is -3.48. The first kappa shape index (κ1) is 21.7. The van der Waals surface area contributed by atoms with Gasteiger partial charge in [-0.25, -0.2) is 9.97 Å². The third-order valence-corrected chi connectivity index (χ3v) is 5.81.